The Morgan fingerprint density at radius 2 is 0.708 bits per heavy atom. The van der Waals surface area contributed by atoms with Gasteiger partial charge in [0.2, 0.25) is 0 Å². The Balaban J connectivity index is 2.69. The summed E-state index contributed by atoms with van der Waals surface area (Å²) in [7, 11) is 9.87. The lowest BCUT2D eigenvalue weighted by molar-refractivity contribution is -0.173. The van der Waals surface area contributed by atoms with Gasteiger partial charge >= 0.3 is 0 Å². The summed E-state index contributed by atoms with van der Waals surface area (Å²) < 4.78 is 31.9. The van der Waals surface area contributed by atoms with Crippen molar-refractivity contribution in [1.29, 1.82) is 0 Å². The van der Waals surface area contributed by atoms with E-state index in [0.29, 0.717) is 19.6 Å². The van der Waals surface area contributed by atoms with Gasteiger partial charge in [-0.1, -0.05) is 0 Å². The zero-order valence-electron chi connectivity index (χ0n) is 15.8. The molecule has 1 aliphatic rings. The first-order valence-electron chi connectivity index (χ1n) is 7.93. The van der Waals surface area contributed by atoms with Crippen LogP contribution in [0.5, 0.6) is 0 Å². The Morgan fingerprint density at radius 1 is 0.500 bits per heavy atom. The molecule has 0 aliphatic carbocycles. The van der Waals surface area contributed by atoms with Gasteiger partial charge in [0.15, 0.2) is 18.9 Å². The first kappa shape index (κ1) is 21.7. The number of methoxy groups -OCH3 is 6. The van der Waals surface area contributed by atoms with Gasteiger partial charge in [-0.3, -0.25) is 14.7 Å². The highest BCUT2D eigenvalue weighted by Crippen LogP contribution is 2.12. The predicted molar refractivity (Wildman–Crippen MR) is 88.1 cm³/mol. The molecular weight excluding hydrogens is 318 g/mol. The molecule has 1 fully saturated rings. The quantitative estimate of drug-likeness (QED) is 0.438. The summed E-state index contributed by atoms with van der Waals surface area (Å²) in [6, 6.07) is 0. The zero-order valence-corrected chi connectivity index (χ0v) is 15.8. The second-order valence-electron chi connectivity index (χ2n) is 5.69. The van der Waals surface area contributed by atoms with Crippen molar-refractivity contribution in [3.8, 4) is 0 Å². The molecule has 9 heteroatoms. The van der Waals surface area contributed by atoms with Gasteiger partial charge < -0.3 is 28.4 Å². The molecule has 0 unspecified atom stereocenters. The lowest BCUT2D eigenvalue weighted by atomic mass is 10.4. The van der Waals surface area contributed by atoms with Crippen molar-refractivity contribution in [2.75, 3.05) is 82.3 Å². The van der Waals surface area contributed by atoms with E-state index in [0.717, 1.165) is 20.0 Å². The number of nitrogens with zero attached hydrogens (tertiary/aromatic N) is 3. The van der Waals surface area contributed by atoms with Crippen molar-refractivity contribution in [2.24, 2.45) is 0 Å². The minimum absolute atomic E-state index is 0.270. The van der Waals surface area contributed by atoms with Crippen molar-refractivity contribution in [3.05, 3.63) is 0 Å². The molecule has 0 bridgehead atoms. The summed E-state index contributed by atoms with van der Waals surface area (Å²) >= 11 is 0. The largest absolute Gasteiger partial charge is 0.355 e. The molecule has 1 saturated heterocycles. The minimum atomic E-state index is -0.270. The zero-order chi connectivity index (χ0) is 17.9. The van der Waals surface area contributed by atoms with Crippen molar-refractivity contribution in [1.82, 2.24) is 14.7 Å². The Labute approximate surface area is 145 Å². The van der Waals surface area contributed by atoms with E-state index < -0.39 is 0 Å². The van der Waals surface area contributed by atoms with Gasteiger partial charge in [0.05, 0.1) is 39.6 Å². The maximum Gasteiger partial charge on any atom is 0.169 e. The molecule has 24 heavy (non-hydrogen) atoms. The summed E-state index contributed by atoms with van der Waals surface area (Å²) in [5, 5.41) is 0. The van der Waals surface area contributed by atoms with Crippen LogP contribution < -0.4 is 0 Å². The van der Waals surface area contributed by atoms with Crippen LogP contribution in [-0.4, -0.2) is 116 Å². The molecule has 0 aromatic heterocycles. The molecule has 144 valence electrons. The van der Waals surface area contributed by atoms with Crippen LogP contribution in [0.4, 0.5) is 0 Å². The third kappa shape index (κ3) is 7.26. The van der Waals surface area contributed by atoms with Gasteiger partial charge in [-0.25, -0.2) is 0 Å². The summed E-state index contributed by atoms with van der Waals surface area (Å²) in [6.45, 7) is 4.30. The van der Waals surface area contributed by atoms with Crippen LogP contribution in [0.15, 0.2) is 0 Å². The van der Waals surface area contributed by atoms with E-state index in [4.69, 9.17) is 28.4 Å². The molecule has 0 atom stereocenters. The Bertz CT molecular complexity index is 260. The molecule has 0 amide bonds. The maximum atomic E-state index is 5.32. The standard InChI is InChI=1S/C15H33N3O6/c1-19-13(20-2)7-16-10-17(8-14(21-3)22-4)12-18(11-16)9-15(23-5)24-6/h13-15H,7-12H2,1-6H3. The fourth-order valence-electron chi connectivity index (χ4n) is 2.70. The Morgan fingerprint density at radius 3 is 0.875 bits per heavy atom. The number of ether oxygens (including phenoxy) is 6. The molecule has 0 N–H and O–H groups in total. The number of rotatable bonds is 12. The van der Waals surface area contributed by atoms with Gasteiger partial charge in [-0.2, -0.15) is 0 Å². The molecule has 0 spiro atoms. The van der Waals surface area contributed by atoms with Crippen molar-refractivity contribution in [2.45, 2.75) is 18.9 Å². The van der Waals surface area contributed by atoms with E-state index in [2.05, 4.69) is 14.7 Å². The average Bonchev–Trinajstić information content (AvgIpc) is 2.61. The molecule has 1 aliphatic heterocycles. The normalized spacial score (nSPS) is 18.4. The van der Waals surface area contributed by atoms with Crippen LogP contribution in [0.1, 0.15) is 0 Å². The van der Waals surface area contributed by atoms with Gasteiger partial charge in [0.25, 0.3) is 0 Å². The van der Waals surface area contributed by atoms with Crippen LogP contribution in [0.2, 0.25) is 0 Å². The second kappa shape index (κ2) is 12.1. The van der Waals surface area contributed by atoms with Crippen molar-refractivity contribution < 1.29 is 28.4 Å². The van der Waals surface area contributed by atoms with E-state index in [1.165, 1.54) is 0 Å². The van der Waals surface area contributed by atoms with Gasteiger partial charge in [0, 0.05) is 42.7 Å². The first-order chi connectivity index (χ1) is 11.6. The molecule has 9 nitrogen and oxygen atoms in total. The molecular formula is C15H33N3O6. The molecule has 0 aromatic carbocycles. The summed E-state index contributed by atoms with van der Waals surface area (Å²) in [6.07, 6.45) is -0.811. The maximum absolute atomic E-state index is 5.32. The Kier molecular flexibility index (Phi) is 10.9. The predicted octanol–water partition coefficient (Wildman–Crippen LogP) is -0.365. The van der Waals surface area contributed by atoms with Crippen LogP contribution >= 0.6 is 0 Å². The summed E-state index contributed by atoms with van der Waals surface area (Å²) in [4.78, 5) is 6.73. The molecule has 0 radical (unpaired) electrons. The highest BCUT2D eigenvalue weighted by molar-refractivity contribution is 4.72. The average molecular weight is 351 g/mol. The van der Waals surface area contributed by atoms with Crippen LogP contribution in [0.25, 0.3) is 0 Å². The highest BCUT2D eigenvalue weighted by atomic mass is 16.7. The summed E-state index contributed by atoms with van der Waals surface area (Å²) in [5.41, 5.74) is 0. The van der Waals surface area contributed by atoms with Gasteiger partial charge in [0.1, 0.15) is 0 Å². The van der Waals surface area contributed by atoms with Gasteiger partial charge in [-0.05, 0) is 0 Å². The summed E-state index contributed by atoms with van der Waals surface area (Å²) in [5.74, 6) is 0. The lowest BCUT2D eigenvalue weighted by Crippen LogP contribution is -2.59. The topological polar surface area (TPSA) is 65.1 Å². The van der Waals surface area contributed by atoms with Crippen LogP contribution in [0.3, 0.4) is 0 Å². The Hall–Kier alpha value is -0.360. The van der Waals surface area contributed by atoms with Gasteiger partial charge in [-0.15, -0.1) is 0 Å². The smallest absolute Gasteiger partial charge is 0.169 e. The van der Waals surface area contributed by atoms with Crippen LogP contribution in [-0.2, 0) is 28.4 Å². The number of hydrogen-bond donors (Lipinski definition) is 0. The SMILES string of the molecule is COC(CN1CN(CC(OC)OC)CN(CC(OC)OC)C1)OC. The lowest BCUT2D eigenvalue weighted by Gasteiger charge is -2.44. The second-order valence-corrected chi connectivity index (χ2v) is 5.69. The fourth-order valence-corrected chi connectivity index (χ4v) is 2.70. The molecule has 1 heterocycles. The third-order valence-electron chi connectivity index (χ3n) is 4.00. The highest BCUT2D eigenvalue weighted by Gasteiger charge is 2.28. The minimum Gasteiger partial charge on any atom is -0.355 e. The van der Waals surface area contributed by atoms with E-state index in [9.17, 15) is 0 Å². The monoisotopic (exact) mass is 351 g/mol. The van der Waals surface area contributed by atoms with E-state index in [-0.39, 0.29) is 18.9 Å². The number of hydrogen-bond acceptors (Lipinski definition) is 9. The molecule has 0 saturated carbocycles. The molecule has 0 aromatic rings. The van der Waals surface area contributed by atoms with Crippen LogP contribution in [0, 0.1) is 0 Å². The van der Waals surface area contributed by atoms with E-state index in [1.807, 2.05) is 0 Å². The van der Waals surface area contributed by atoms with E-state index in [1.54, 1.807) is 42.7 Å². The fraction of sp³-hybridized carbons (Fsp3) is 1.00. The van der Waals surface area contributed by atoms with E-state index >= 15 is 0 Å². The van der Waals surface area contributed by atoms with Crippen molar-refractivity contribution in [3.63, 3.8) is 0 Å². The first-order valence-corrected chi connectivity index (χ1v) is 7.93. The molecule has 1 rings (SSSR count). The third-order valence-corrected chi connectivity index (χ3v) is 4.00. The van der Waals surface area contributed by atoms with Crippen molar-refractivity contribution >= 4 is 0 Å².